The van der Waals surface area contributed by atoms with Gasteiger partial charge in [0.1, 0.15) is 11.0 Å². The van der Waals surface area contributed by atoms with E-state index in [2.05, 4.69) is 22.1 Å². The van der Waals surface area contributed by atoms with Gasteiger partial charge in [-0.15, -0.1) is 0 Å². The van der Waals surface area contributed by atoms with Crippen LogP contribution in [0, 0.1) is 0 Å². The molecule has 2 heterocycles. The average Bonchev–Trinajstić information content (AvgIpc) is 2.37. The van der Waals surface area contributed by atoms with E-state index in [-0.39, 0.29) is 0 Å². The highest BCUT2D eigenvalue weighted by atomic mass is 35.5. The minimum Gasteiger partial charge on any atom is -0.465 e. The molecule has 2 rings (SSSR count). The van der Waals surface area contributed by atoms with Gasteiger partial charge in [-0.05, 0) is 19.1 Å². The smallest absolute Gasteiger partial charge is 0.338 e. The van der Waals surface area contributed by atoms with Crippen LogP contribution in [0.2, 0.25) is 5.15 Å². The summed E-state index contributed by atoms with van der Waals surface area (Å²) in [4.78, 5) is 17.9. The summed E-state index contributed by atoms with van der Waals surface area (Å²) in [6.07, 6.45) is 0. The van der Waals surface area contributed by atoms with Gasteiger partial charge in [-0.3, -0.25) is 0 Å². The van der Waals surface area contributed by atoms with Crippen molar-refractivity contribution in [1.29, 1.82) is 0 Å². The van der Waals surface area contributed by atoms with E-state index in [0.29, 0.717) is 16.8 Å². The maximum Gasteiger partial charge on any atom is 0.338 e. The zero-order chi connectivity index (χ0) is 13.1. The van der Waals surface area contributed by atoms with E-state index in [0.717, 1.165) is 25.5 Å². The second-order valence-electron chi connectivity index (χ2n) is 4.33. The number of anilines is 1. The van der Waals surface area contributed by atoms with Crippen molar-refractivity contribution in [3.8, 4) is 0 Å². The molecule has 0 aliphatic carbocycles. The third-order valence-electron chi connectivity index (χ3n) is 2.89. The van der Waals surface area contributed by atoms with E-state index in [4.69, 9.17) is 16.3 Å². The Morgan fingerprint density at radius 1 is 1.61 bits per heavy atom. The van der Waals surface area contributed by atoms with Crippen molar-refractivity contribution in [2.75, 3.05) is 31.6 Å². The van der Waals surface area contributed by atoms with Gasteiger partial charge in [-0.25, -0.2) is 9.78 Å². The summed E-state index contributed by atoms with van der Waals surface area (Å²) in [5.41, 5.74) is 0.429. The van der Waals surface area contributed by atoms with Crippen molar-refractivity contribution in [2.24, 2.45) is 0 Å². The van der Waals surface area contributed by atoms with Gasteiger partial charge >= 0.3 is 5.97 Å². The Labute approximate surface area is 111 Å². The maximum atomic E-state index is 11.5. The molecule has 1 N–H and O–H groups in total. The molecular formula is C12H16ClN3O2. The second-order valence-corrected chi connectivity index (χ2v) is 4.72. The first-order chi connectivity index (χ1) is 8.60. The SMILES string of the molecule is COC(=O)c1cc(Cl)nc(N2CCN[C@@H](C)C2)c1. The first kappa shape index (κ1) is 13.1. The highest BCUT2D eigenvalue weighted by Crippen LogP contribution is 2.20. The number of nitrogens with zero attached hydrogens (tertiary/aromatic N) is 2. The number of rotatable bonds is 2. The highest BCUT2D eigenvalue weighted by molar-refractivity contribution is 6.29. The zero-order valence-corrected chi connectivity index (χ0v) is 11.2. The monoisotopic (exact) mass is 269 g/mol. The Morgan fingerprint density at radius 2 is 2.39 bits per heavy atom. The number of carbonyl (C=O) groups excluding carboxylic acids is 1. The summed E-state index contributed by atoms with van der Waals surface area (Å²) in [5.74, 6) is 0.319. The molecule has 5 nitrogen and oxygen atoms in total. The lowest BCUT2D eigenvalue weighted by Gasteiger charge is -2.32. The molecule has 6 heteroatoms. The van der Waals surface area contributed by atoms with Crippen molar-refractivity contribution >= 4 is 23.4 Å². The number of nitrogens with one attached hydrogen (secondary N) is 1. The van der Waals surface area contributed by atoms with E-state index in [1.165, 1.54) is 13.2 Å². The zero-order valence-electron chi connectivity index (χ0n) is 10.4. The molecule has 98 valence electrons. The van der Waals surface area contributed by atoms with Gasteiger partial charge < -0.3 is 15.0 Å². The van der Waals surface area contributed by atoms with Crippen LogP contribution in [-0.4, -0.2) is 43.7 Å². The van der Waals surface area contributed by atoms with Crippen LogP contribution in [0.25, 0.3) is 0 Å². The molecule has 1 fully saturated rings. The van der Waals surface area contributed by atoms with E-state index < -0.39 is 5.97 Å². The number of hydrogen-bond donors (Lipinski definition) is 1. The molecule has 0 bridgehead atoms. The third kappa shape index (κ3) is 2.91. The molecule has 1 aliphatic rings. The van der Waals surface area contributed by atoms with Gasteiger partial charge in [0.05, 0.1) is 12.7 Å². The van der Waals surface area contributed by atoms with Crippen molar-refractivity contribution in [3.05, 3.63) is 22.8 Å². The quantitative estimate of drug-likeness (QED) is 0.648. The Morgan fingerprint density at radius 3 is 3.06 bits per heavy atom. The van der Waals surface area contributed by atoms with Gasteiger partial charge in [0.25, 0.3) is 0 Å². The Balaban J connectivity index is 2.27. The van der Waals surface area contributed by atoms with Crippen molar-refractivity contribution in [1.82, 2.24) is 10.3 Å². The molecule has 1 aliphatic heterocycles. The minimum atomic E-state index is -0.399. The van der Waals surface area contributed by atoms with Gasteiger partial charge in [-0.1, -0.05) is 11.6 Å². The summed E-state index contributed by atoms with van der Waals surface area (Å²) in [7, 11) is 1.35. The lowest BCUT2D eigenvalue weighted by molar-refractivity contribution is 0.0600. The molecule has 0 unspecified atom stereocenters. The number of ether oxygens (including phenoxy) is 1. The lowest BCUT2D eigenvalue weighted by Crippen LogP contribution is -2.49. The van der Waals surface area contributed by atoms with Crippen LogP contribution in [0.15, 0.2) is 12.1 Å². The normalized spacial score (nSPS) is 19.7. The van der Waals surface area contributed by atoms with Crippen LogP contribution in [0.3, 0.4) is 0 Å². The lowest BCUT2D eigenvalue weighted by atomic mass is 10.2. The summed E-state index contributed by atoms with van der Waals surface area (Å²) in [5, 5.41) is 3.66. The number of halogens is 1. The molecule has 0 amide bonds. The third-order valence-corrected chi connectivity index (χ3v) is 3.09. The topological polar surface area (TPSA) is 54.5 Å². The number of methoxy groups -OCH3 is 1. The number of esters is 1. The summed E-state index contributed by atoms with van der Waals surface area (Å²) in [6.45, 7) is 4.69. The fraction of sp³-hybridized carbons (Fsp3) is 0.500. The number of pyridine rings is 1. The van der Waals surface area contributed by atoms with E-state index in [9.17, 15) is 4.79 Å². The number of aromatic nitrogens is 1. The molecule has 1 aromatic heterocycles. The van der Waals surface area contributed by atoms with Gasteiger partial charge in [0, 0.05) is 25.7 Å². The molecule has 0 radical (unpaired) electrons. The predicted molar refractivity (Wildman–Crippen MR) is 70.3 cm³/mol. The molecule has 0 aromatic carbocycles. The summed E-state index contributed by atoms with van der Waals surface area (Å²) >= 11 is 5.95. The molecule has 1 saturated heterocycles. The van der Waals surface area contributed by atoms with Gasteiger partial charge in [0.2, 0.25) is 0 Å². The summed E-state index contributed by atoms with van der Waals surface area (Å²) < 4.78 is 4.70. The molecular weight excluding hydrogens is 254 g/mol. The summed E-state index contributed by atoms with van der Waals surface area (Å²) in [6, 6.07) is 3.62. The van der Waals surface area contributed by atoms with Crippen LogP contribution >= 0.6 is 11.6 Å². The fourth-order valence-corrected chi connectivity index (χ4v) is 2.23. The average molecular weight is 270 g/mol. The standard InChI is InChI=1S/C12H16ClN3O2/c1-8-7-16(4-3-14-8)11-6-9(12(17)18-2)5-10(13)15-11/h5-6,8,14H,3-4,7H2,1-2H3/t8-/m0/s1. The second kappa shape index (κ2) is 5.54. The van der Waals surface area contributed by atoms with E-state index in [1.807, 2.05) is 0 Å². The minimum absolute atomic E-state index is 0.305. The first-order valence-electron chi connectivity index (χ1n) is 5.84. The first-order valence-corrected chi connectivity index (χ1v) is 6.22. The molecule has 0 spiro atoms. The van der Waals surface area contributed by atoms with Crippen molar-refractivity contribution in [3.63, 3.8) is 0 Å². The van der Waals surface area contributed by atoms with E-state index in [1.54, 1.807) is 6.07 Å². The molecule has 0 saturated carbocycles. The Kier molecular flexibility index (Phi) is 4.04. The number of carbonyl (C=O) groups is 1. The highest BCUT2D eigenvalue weighted by Gasteiger charge is 2.19. The number of piperazine rings is 1. The predicted octanol–water partition coefficient (Wildman–Crippen LogP) is 1.32. The van der Waals surface area contributed by atoms with Crippen molar-refractivity contribution in [2.45, 2.75) is 13.0 Å². The van der Waals surface area contributed by atoms with Crippen LogP contribution in [0.4, 0.5) is 5.82 Å². The van der Waals surface area contributed by atoms with Gasteiger partial charge in [0.15, 0.2) is 0 Å². The van der Waals surface area contributed by atoms with Crippen LogP contribution in [0.1, 0.15) is 17.3 Å². The molecule has 1 atom stereocenters. The van der Waals surface area contributed by atoms with Gasteiger partial charge in [-0.2, -0.15) is 0 Å². The Bertz CT molecular complexity index is 453. The van der Waals surface area contributed by atoms with Crippen LogP contribution in [-0.2, 0) is 4.74 Å². The van der Waals surface area contributed by atoms with Crippen molar-refractivity contribution < 1.29 is 9.53 Å². The number of hydrogen-bond acceptors (Lipinski definition) is 5. The van der Waals surface area contributed by atoms with Crippen LogP contribution in [0.5, 0.6) is 0 Å². The van der Waals surface area contributed by atoms with Crippen LogP contribution < -0.4 is 10.2 Å². The maximum absolute atomic E-state index is 11.5. The van der Waals surface area contributed by atoms with E-state index >= 15 is 0 Å². The fourth-order valence-electron chi connectivity index (χ4n) is 2.02. The molecule has 1 aromatic rings. The largest absolute Gasteiger partial charge is 0.465 e. The molecule has 18 heavy (non-hydrogen) atoms. The Hall–Kier alpha value is -1.33.